The van der Waals surface area contributed by atoms with E-state index in [1.54, 1.807) is 43.3 Å². The topological polar surface area (TPSA) is 128 Å². The molecule has 1 saturated heterocycles. The molecule has 0 N–H and O–H groups in total. The SMILES string of the molecule is CC(=O)O[C@H]1C[C@H](C)[C@@]23OC(C)(C)[C@H](C[C@H](OC(=O)c4ccccc4)[C@@]2(C)[C@H]1OC(C)=O)[C@H]3OC(=O)c1ccco1. The van der Waals surface area contributed by atoms with Crippen LogP contribution in [0.25, 0.3) is 0 Å². The van der Waals surface area contributed by atoms with Crippen LogP contribution in [0.2, 0.25) is 0 Å². The molecule has 1 aromatic heterocycles. The molecule has 2 bridgehead atoms. The molecule has 3 fully saturated rings. The molecule has 1 aromatic carbocycles. The van der Waals surface area contributed by atoms with Gasteiger partial charge in [-0.15, -0.1) is 0 Å². The standard InChI is InChI=1S/C31H36O10/c1-17-15-23(37-18(2)32)26(38-19(3)33)30(6)24(39-27(34)20-11-8-7-9-12-20)16-21-25(31(17,30)41-29(21,4)5)40-28(35)22-13-10-14-36-22/h7-14,17,21,23-26H,15-16H2,1-6H3/t17-,21+,23-,24-,25+,26-,30-,31-/m0/s1. The Morgan fingerprint density at radius 3 is 2.10 bits per heavy atom. The van der Waals surface area contributed by atoms with E-state index in [4.69, 9.17) is 28.1 Å². The summed E-state index contributed by atoms with van der Waals surface area (Å²) in [6.45, 7) is 10.1. The second-order valence-corrected chi connectivity index (χ2v) is 12.0. The van der Waals surface area contributed by atoms with Crippen LogP contribution in [0.5, 0.6) is 0 Å². The average Bonchev–Trinajstić information content (AvgIpc) is 3.50. The van der Waals surface area contributed by atoms with Crippen molar-refractivity contribution in [2.24, 2.45) is 17.3 Å². The van der Waals surface area contributed by atoms with Crippen molar-refractivity contribution >= 4 is 23.9 Å². The molecule has 1 spiro atoms. The summed E-state index contributed by atoms with van der Waals surface area (Å²) in [5.74, 6) is -3.11. The highest BCUT2D eigenvalue weighted by atomic mass is 16.6. The van der Waals surface area contributed by atoms with Crippen molar-refractivity contribution in [1.29, 1.82) is 0 Å². The summed E-state index contributed by atoms with van der Waals surface area (Å²) in [5.41, 5.74) is -3.07. The minimum Gasteiger partial charge on any atom is -0.459 e. The lowest BCUT2D eigenvalue weighted by Gasteiger charge is -2.62. The molecule has 220 valence electrons. The van der Waals surface area contributed by atoms with Gasteiger partial charge in [0.1, 0.15) is 23.9 Å². The Labute approximate surface area is 238 Å². The van der Waals surface area contributed by atoms with Gasteiger partial charge >= 0.3 is 23.9 Å². The molecule has 1 aliphatic heterocycles. The van der Waals surface area contributed by atoms with E-state index in [1.807, 2.05) is 20.8 Å². The number of rotatable bonds is 6. The third-order valence-corrected chi connectivity index (χ3v) is 9.16. The van der Waals surface area contributed by atoms with E-state index in [1.165, 1.54) is 26.2 Å². The van der Waals surface area contributed by atoms with Crippen molar-refractivity contribution in [3.8, 4) is 0 Å². The van der Waals surface area contributed by atoms with E-state index in [2.05, 4.69) is 0 Å². The molecule has 2 heterocycles. The smallest absolute Gasteiger partial charge is 0.374 e. The molecule has 0 amide bonds. The van der Waals surface area contributed by atoms with Crippen molar-refractivity contribution in [1.82, 2.24) is 0 Å². The minimum atomic E-state index is -1.31. The molecular formula is C31H36O10. The quantitative estimate of drug-likeness (QED) is 0.363. The maximum Gasteiger partial charge on any atom is 0.374 e. The van der Waals surface area contributed by atoms with Gasteiger partial charge in [-0.1, -0.05) is 25.1 Å². The predicted molar refractivity (Wildman–Crippen MR) is 143 cm³/mol. The van der Waals surface area contributed by atoms with E-state index in [0.29, 0.717) is 5.56 Å². The summed E-state index contributed by atoms with van der Waals surface area (Å²) in [6, 6.07) is 11.7. The zero-order valence-corrected chi connectivity index (χ0v) is 24.1. The number of carbonyl (C=O) groups excluding carboxylic acids is 4. The van der Waals surface area contributed by atoms with Crippen LogP contribution in [0.3, 0.4) is 0 Å². The summed E-state index contributed by atoms with van der Waals surface area (Å²) in [5, 5.41) is 0. The molecule has 10 nitrogen and oxygen atoms in total. The lowest BCUT2D eigenvalue weighted by Crippen LogP contribution is -2.76. The van der Waals surface area contributed by atoms with Crippen molar-refractivity contribution < 1.29 is 47.3 Å². The third kappa shape index (κ3) is 4.62. The van der Waals surface area contributed by atoms with Gasteiger partial charge in [-0.25, -0.2) is 9.59 Å². The first-order valence-corrected chi connectivity index (χ1v) is 13.9. The zero-order chi connectivity index (χ0) is 29.7. The van der Waals surface area contributed by atoms with Crippen LogP contribution in [-0.2, 0) is 33.3 Å². The van der Waals surface area contributed by atoms with Gasteiger partial charge in [0.15, 0.2) is 6.10 Å². The zero-order valence-electron chi connectivity index (χ0n) is 24.1. The predicted octanol–water partition coefficient (Wildman–Crippen LogP) is 4.51. The maximum absolute atomic E-state index is 13.5. The summed E-state index contributed by atoms with van der Waals surface area (Å²) in [4.78, 5) is 51.5. The average molecular weight is 569 g/mol. The number of hydrogen-bond donors (Lipinski definition) is 0. The molecule has 3 aliphatic rings. The molecule has 41 heavy (non-hydrogen) atoms. The monoisotopic (exact) mass is 568 g/mol. The lowest BCUT2D eigenvalue weighted by atomic mass is 9.48. The van der Waals surface area contributed by atoms with Gasteiger partial charge in [-0.2, -0.15) is 0 Å². The number of esters is 4. The van der Waals surface area contributed by atoms with Crippen LogP contribution in [0.4, 0.5) is 0 Å². The van der Waals surface area contributed by atoms with Crippen LogP contribution in [0.15, 0.2) is 53.1 Å². The molecule has 2 saturated carbocycles. The van der Waals surface area contributed by atoms with Crippen LogP contribution < -0.4 is 0 Å². The van der Waals surface area contributed by atoms with E-state index >= 15 is 0 Å². The molecule has 0 unspecified atom stereocenters. The highest BCUT2D eigenvalue weighted by Gasteiger charge is 2.80. The second-order valence-electron chi connectivity index (χ2n) is 12.0. The number of carbonyl (C=O) groups is 4. The highest BCUT2D eigenvalue weighted by molar-refractivity contribution is 5.89. The fourth-order valence-corrected chi connectivity index (χ4v) is 7.51. The van der Waals surface area contributed by atoms with Crippen LogP contribution >= 0.6 is 0 Å². The second kappa shape index (κ2) is 10.3. The minimum absolute atomic E-state index is 0.0377. The Morgan fingerprint density at radius 1 is 0.805 bits per heavy atom. The molecule has 0 radical (unpaired) electrons. The molecule has 8 atom stereocenters. The maximum atomic E-state index is 13.5. The van der Waals surface area contributed by atoms with Crippen molar-refractivity contribution in [3.05, 3.63) is 60.1 Å². The molecule has 10 heteroatoms. The summed E-state index contributed by atoms with van der Waals surface area (Å²) in [7, 11) is 0. The number of ether oxygens (including phenoxy) is 5. The van der Waals surface area contributed by atoms with Crippen molar-refractivity contribution in [3.63, 3.8) is 0 Å². The van der Waals surface area contributed by atoms with Gasteiger partial charge < -0.3 is 28.1 Å². The van der Waals surface area contributed by atoms with Gasteiger partial charge in [-0.3, -0.25) is 9.59 Å². The van der Waals surface area contributed by atoms with Gasteiger partial charge in [-0.05, 0) is 63.8 Å². The van der Waals surface area contributed by atoms with Crippen LogP contribution in [-0.4, -0.2) is 59.5 Å². The normalized spacial score (nSPS) is 35.1. The molecule has 5 rings (SSSR count). The molecule has 2 aliphatic carbocycles. The Bertz CT molecular complexity index is 1320. The van der Waals surface area contributed by atoms with Gasteiger partial charge in [0.2, 0.25) is 5.76 Å². The van der Waals surface area contributed by atoms with E-state index in [-0.39, 0.29) is 24.5 Å². The highest BCUT2D eigenvalue weighted by Crippen LogP contribution is 2.68. The number of fused-ring (bicyclic) bond motifs is 1. The largest absolute Gasteiger partial charge is 0.459 e. The Balaban J connectivity index is 1.66. The van der Waals surface area contributed by atoms with Gasteiger partial charge in [0, 0.05) is 19.8 Å². The lowest BCUT2D eigenvalue weighted by molar-refractivity contribution is -0.302. The summed E-state index contributed by atoms with van der Waals surface area (Å²) in [6.07, 6.45) is -1.73. The van der Waals surface area contributed by atoms with Crippen molar-refractivity contribution in [2.75, 3.05) is 0 Å². The number of benzene rings is 1. The first-order valence-electron chi connectivity index (χ1n) is 13.9. The van der Waals surface area contributed by atoms with E-state index < -0.39 is 70.8 Å². The summed E-state index contributed by atoms with van der Waals surface area (Å²) >= 11 is 0. The van der Waals surface area contributed by atoms with Crippen LogP contribution in [0.1, 0.15) is 75.3 Å². The first-order chi connectivity index (χ1) is 19.3. The van der Waals surface area contributed by atoms with Gasteiger partial charge in [0.05, 0.1) is 22.8 Å². The first kappa shape index (κ1) is 28.9. The fourth-order valence-electron chi connectivity index (χ4n) is 7.51. The number of hydrogen-bond acceptors (Lipinski definition) is 10. The van der Waals surface area contributed by atoms with E-state index in [0.717, 1.165) is 0 Å². The molecular weight excluding hydrogens is 532 g/mol. The van der Waals surface area contributed by atoms with Gasteiger partial charge in [0.25, 0.3) is 0 Å². The number of furan rings is 1. The van der Waals surface area contributed by atoms with E-state index in [9.17, 15) is 19.2 Å². The Kier molecular flexibility index (Phi) is 7.26. The third-order valence-electron chi connectivity index (χ3n) is 9.16. The molecule has 2 aromatic rings. The fraction of sp³-hybridized carbons (Fsp3) is 0.548. The summed E-state index contributed by atoms with van der Waals surface area (Å²) < 4.78 is 36.4. The Morgan fingerprint density at radius 2 is 1.49 bits per heavy atom. The van der Waals surface area contributed by atoms with Crippen molar-refractivity contribution in [2.45, 2.75) is 90.0 Å². The van der Waals surface area contributed by atoms with Crippen LogP contribution in [0, 0.1) is 17.3 Å². The Hall–Kier alpha value is -3.66.